The zero-order chi connectivity index (χ0) is 20.1. The van der Waals surface area contributed by atoms with Crippen molar-refractivity contribution in [3.8, 4) is 11.6 Å². The second-order valence-corrected chi connectivity index (χ2v) is 6.06. The van der Waals surface area contributed by atoms with Crippen molar-refractivity contribution >= 4 is 17.8 Å². The first-order valence-electron chi connectivity index (χ1n) is 8.36. The number of hydrogen-bond acceptors (Lipinski definition) is 6. The molecule has 0 spiro atoms. The molecular formula is C20H17N3O5. The highest BCUT2D eigenvalue weighted by molar-refractivity contribution is 5.67. The average molecular weight is 379 g/mol. The lowest BCUT2D eigenvalue weighted by molar-refractivity contribution is -0.387. The van der Waals surface area contributed by atoms with Gasteiger partial charge < -0.3 is 14.8 Å². The Kier molecular flexibility index (Phi) is 5.50. The molecule has 0 aliphatic carbocycles. The van der Waals surface area contributed by atoms with Gasteiger partial charge in [-0.15, -0.1) is 0 Å². The summed E-state index contributed by atoms with van der Waals surface area (Å²) in [5.74, 6) is -0.209. The molecule has 0 aliphatic rings. The highest BCUT2D eigenvalue weighted by atomic mass is 16.6. The molecule has 0 saturated carbocycles. The molecule has 0 radical (unpaired) electrons. The molecule has 0 bridgehead atoms. The standard InChI is InChI=1S/C20H17N3O5/c1-13-3-2-4-15(11-13)12-28-16-8-5-14(6-9-16)7-10-17-21-19(24)18(23(26)27)20(25)22-17/h2-11H,12H2,1H3,(H2,21,22,24,25)/b10-7-. The summed E-state index contributed by atoms with van der Waals surface area (Å²) in [6, 6.07) is 15.3. The average Bonchev–Trinajstić information content (AvgIpc) is 2.65. The molecule has 0 atom stereocenters. The van der Waals surface area contributed by atoms with Crippen LogP contribution in [0.2, 0.25) is 0 Å². The van der Waals surface area contributed by atoms with Crippen molar-refractivity contribution in [1.82, 2.24) is 9.97 Å². The zero-order valence-corrected chi connectivity index (χ0v) is 15.0. The maximum absolute atomic E-state index is 11.6. The van der Waals surface area contributed by atoms with Crippen molar-refractivity contribution < 1.29 is 14.8 Å². The van der Waals surface area contributed by atoms with Crippen molar-refractivity contribution in [2.45, 2.75) is 13.5 Å². The number of aromatic hydroxyl groups is 1. The molecular weight excluding hydrogens is 362 g/mol. The Morgan fingerprint density at radius 1 is 1.21 bits per heavy atom. The largest absolute Gasteiger partial charge is 0.489 e. The Hall–Kier alpha value is -3.94. The number of nitrogens with one attached hydrogen (secondary N) is 1. The van der Waals surface area contributed by atoms with E-state index in [4.69, 9.17) is 4.74 Å². The van der Waals surface area contributed by atoms with Crippen LogP contribution in [0.4, 0.5) is 5.69 Å². The van der Waals surface area contributed by atoms with E-state index in [1.165, 1.54) is 11.6 Å². The van der Waals surface area contributed by atoms with Gasteiger partial charge in [-0.25, -0.2) is 0 Å². The number of aromatic nitrogens is 2. The fourth-order valence-corrected chi connectivity index (χ4v) is 2.53. The molecule has 0 saturated heterocycles. The van der Waals surface area contributed by atoms with Gasteiger partial charge in [0, 0.05) is 0 Å². The van der Waals surface area contributed by atoms with E-state index in [1.54, 1.807) is 18.2 Å². The minimum atomic E-state index is -1.02. The van der Waals surface area contributed by atoms with Gasteiger partial charge in [-0.3, -0.25) is 14.9 Å². The van der Waals surface area contributed by atoms with Crippen LogP contribution in [0.25, 0.3) is 12.2 Å². The molecule has 0 amide bonds. The number of ether oxygens (including phenoxy) is 1. The second-order valence-electron chi connectivity index (χ2n) is 6.06. The van der Waals surface area contributed by atoms with Gasteiger partial charge in [-0.05, 0) is 36.3 Å². The van der Waals surface area contributed by atoms with E-state index in [-0.39, 0.29) is 5.82 Å². The number of nitro groups is 1. The molecule has 3 rings (SSSR count). The van der Waals surface area contributed by atoms with Crippen LogP contribution in [0, 0.1) is 17.0 Å². The van der Waals surface area contributed by atoms with Crippen molar-refractivity contribution in [3.05, 3.63) is 91.5 Å². The number of rotatable bonds is 6. The maximum atomic E-state index is 11.6. The number of aromatic amines is 1. The lowest BCUT2D eigenvalue weighted by atomic mass is 10.1. The number of nitrogens with zero attached hydrogens (tertiary/aromatic N) is 2. The van der Waals surface area contributed by atoms with Crippen LogP contribution in [-0.4, -0.2) is 20.0 Å². The lowest BCUT2D eigenvalue weighted by Gasteiger charge is -2.07. The van der Waals surface area contributed by atoms with Crippen LogP contribution in [0.15, 0.2) is 53.3 Å². The van der Waals surface area contributed by atoms with Crippen LogP contribution in [0.3, 0.4) is 0 Å². The molecule has 28 heavy (non-hydrogen) atoms. The topological polar surface area (TPSA) is 118 Å². The Labute approximate surface area is 159 Å². The quantitative estimate of drug-likeness (QED) is 0.500. The number of H-pyrrole nitrogens is 1. The van der Waals surface area contributed by atoms with Crippen LogP contribution >= 0.6 is 0 Å². The Morgan fingerprint density at radius 2 is 1.96 bits per heavy atom. The summed E-state index contributed by atoms with van der Waals surface area (Å²) < 4.78 is 5.75. The van der Waals surface area contributed by atoms with E-state index in [0.29, 0.717) is 12.4 Å². The summed E-state index contributed by atoms with van der Waals surface area (Å²) >= 11 is 0. The third-order valence-corrected chi connectivity index (χ3v) is 3.88. The number of aryl methyl sites for hydroxylation is 1. The van der Waals surface area contributed by atoms with E-state index in [1.807, 2.05) is 37.3 Å². The minimum absolute atomic E-state index is 0.00729. The summed E-state index contributed by atoms with van der Waals surface area (Å²) in [5, 5.41) is 20.2. The first-order chi connectivity index (χ1) is 13.4. The zero-order valence-electron chi connectivity index (χ0n) is 15.0. The van der Waals surface area contributed by atoms with Crippen molar-refractivity contribution in [2.75, 3.05) is 0 Å². The molecule has 1 aromatic heterocycles. The van der Waals surface area contributed by atoms with Crippen LogP contribution < -0.4 is 10.3 Å². The number of hydrogen-bond donors (Lipinski definition) is 2. The van der Waals surface area contributed by atoms with Gasteiger partial charge >= 0.3 is 11.2 Å². The molecule has 8 nitrogen and oxygen atoms in total. The van der Waals surface area contributed by atoms with Crippen LogP contribution in [-0.2, 0) is 6.61 Å². The molecule has 8 heteroatoms. The van der Waals surface area contributed by atoms with E-state index in [0.717, 1.165) is 11.1 Å². The Morgan fingerprint density at radius 3 is 2.61 bits per heavy atom. The molecule has 2 N–H and O–H groups in total. The minimum Gasteiger partial charge on any atom is -0.489 e. The van der Waals surface area contributed by atoms with Crippen molar-refractivity contribution in [2.24, 2.45) is 0 Å². The highest BCUT2D eigenvalue weighted by Gasteiger charge is 2.21. The summed E-state index contributed by atoms with van der Waals surface area (Å²) in [7, 11) is 0. The van der Waals surface area contributed by atoms with Gasteiger partial charge in [0.1, 0.15) is 18.2 Å². The van der Waals surface area contributed by atoms with Gasteiger partial charge in [-0.2, -0.15) is 4.98 Å². The van der Waals surface area contributed by atoms with Crippen LogP contribution in [0.5, 0.6) is 11.6 Å². The summed E-state index contributed by atoms with van der Waals surface area (Å²) in [6.45, 7) is 2.49. The van der Waals surface area contributed by atoms with Gasteiger partial charge in [0.2, 0.25) is 0 Å². The molecule has 3 aromatic rings. The third-order valence-electron chi connectivity index (χ3n) is 3.88. The first-order valence-corrected chi connectivity index (χ1v) is 8.36. The molecule has 142 valence electrons. The Balaban J connectivity index is 1.67. The predicted octanol–water partition coefficient (Wildman–Crippen LogP) is 3.44. The smallest absolute Gasteiger partial charge is 0.395 e. The van der Waals surface area contributed by atoms with E-state index >= 15 is 0 Å². The van der Waals surface area contributed by atoms with E-state index in [2.05, 4.69) is 16.0 Å². The maximum Gasteiger partial charge on any atom is 0.395 e. The fraction of sp³-hybridized carbons (Fsp3) is 0.100. The van der Waals surface area contributed by atoms with E-state index < -0.39 is 22.0 Å². The normalized spacial score (nSPS) is 10.9. The number of benzene rings is 2. The molecule has 0 aliphatic heterocycles. The van der Waals surface area contributed by atoms with E-state index in [9.17, 15) is 20.0 Å². The summed E-state index contributed by atoms with van der Waals surface area (Å²) in [4.78, 5) is 27.2. The Bertz CT molecular complexity index is 1090. The van der Waals surface area contributed by atoms with Gasteiger partial charge in [-0.1, -0.05) is 48.0 Å². The first kappa shape index (κ1) is 18.8. The molecule has 2 aromatic carbocycles. The fourth-order valence-electron chi connectivity index (χ4n) is 2.53. The van der Waals surface area contributed by atoms with Gasteiger partial charge in [0.25, 0.3) is 5.88 Å². The predicted molar refractivity (Wildman–Crippen MR) is 104 cm³/mol. The highest BCUT2D eigenvalue weighted by Crippen LogP contribution is 2.18. The molecule has 1 heterocycles. The summed E-state index contributed by atoms with van der Waals surface area (Å²) in [5.41, 5.74) is 1.05. The van der Waals surface area contributed by atoms with Gasteiger partial charge in [0.05, 0.1) is 4.92 Å². The second kappa shape index (κ2) is 8.17. The van der Waals surface area contributed by atoms with Crippen molar-refractivity contribution in [3.63, 3.8) is 0 Å². The van der Waals surface area contributed by atoms with Gasteiger partial charge in [0.15, 0.2) is 0 Å². The van der Waals surface area contributed by atoms with Crippen molar-refractivity contribution in [1.29, 1.82) is 0 Å². The van der Waals surface area contributed by atoms with Crippen LogP contribution in [0.1, 0.15) is 22.5 Å². The third kappa shape index (κ3) is 4.61. The molecule has 0 fully saturated rings. The molecule has 0 unspecified atom stereocenters. The summed E-state index contributed by atoms with van der Waals surface area (Å²) in [6.07, 6.45) is 3.08. The lowest BCUT2D eigenvalue weighted by Crippen LogP contribution is -2.14. The SMILES string of the molecule is Cc1cccc(COc2ccc(/C=C\c3nc(O)c([N+](=O)[O-])c(=O)[nH]3)cc2)c1. The monoisotopic (exact) mass is 379 g/mol.